The van der Waals surface area contributed by atoms with E-state index in [0.717, 1.165) is 42.4 Å². The number of carbonyl (C=O) groups excluding carboxylic acids is 1. The van der Waals surface area contributed by atoms with E-state index < -0.39 is 0 Å². The van der Waals surface area contributed by atoms with Gasteiger partial charge < -0.3 is 0 Å². The molecule has 0 saturated carbocycles. The highest BCUT2D eigenvalue weighted by molar-refractivity contribution is 8.00. The van der Waals surface area contributed by atoms with Gasteiger partial charge in [-0.05, 0) is 37.9 Å². The van der Waals surface area contributed by atoms with Crippen LogP contribution < -0.4 is 5.32 Å². The molecule has 1 fully saturated rings. The van der Waals surface area contributed by atoms with Crippen molar-refractivity contribution in [2.45, 2.75) is 48.7 Å². The quantitative estimate of drug-likeness (QED) is 0.584. The first kappa shape index (κ1) is 18.4. The van der Waals surface area contributed by atoms with Crippen molar-refractivity contribution in [3.8, 4) is 0 Å². The summed E-state index contributed by atoms with van der Waals surface area (Å²) in [7, 11) is 0. The number of aromatic nitrogens is 2. The number of thioether (sulfide) groups is 1. The smallest absolute Gasteiger partial charge is 0.243 e. The molecule has 1 atom stereocenters. The molecule has 1 saturated heterocycles. The fourth-order valence-electron chi connectivity index (χ4n) is 3.07. The zero-order valence-corrected chi connectivity index (χ0v) is 16.1. The molecule has 134 valence electrons. The molecule has 1 amide bonds. The third-order valence-corrected chi connectivity index (χ3v) is 6.31. The van der Waals surface area contributed by atoms with Gasteiger partial charge in [-0.1, -0.05) is 66.8 Å². The van der Waals surface area contributed by atoms with E-state index >= 15 is 0 Å². The highest BCUT2D eigenvalue weighted by Gasteiger charge is 2.28. The molecule has 2 heterocycles. The fourth-order valence-corrected chi connectivity index (χ4v) is 4.78. The van der Waals surface area contributed by atoms with E-state index in [1.54, 1.807) is 11.8 Å². The first-order chi connectivity index (χ1) is 12.3. The van der Waals surface area contributed by atoms with E-state index in [-0.39, 0.29) is 11.9 Å². The Bertz CT molecular complexity index is 675. The maximum absolute atomic E-state index is 12.6. The van der Waals surface area contributed by atoms with Crippen molar-refractivity contribution in [1.82, 2.24) is 15.1 Å². The molecule has 25 heavy (non-hydrogen) atoms. The first-order valence-electron chi connectivity index (χ1n) is 8.81. The highest BCUT2D eigenvalue weighted by Crippen LogP contribution is 2.28. The summed E-state index contributed by atoms with van der Waals surface area (Å²) in [5, 5.41) is 11.9. The van der Waals surface area contributed by atoms with Gasteiger partial charge in [-0.2, -0.15) is 0 Å². The molecule has 5 nitrogen and oxygen atoms in total. The van der Waals surface area contributed by atoms with E-state index in [2.05, 4.69) is 39.5 Å². The number of carbonyl (C=O) groups is 1. The van der Waals surface area contributed by atoms with Crippen molar-refractivity contribution in [1.29, 1.82) is 0 Å². The van der Waals surface area contributed by atoms with E-state index in [9.17, 15) is 4.79 Å². The highest BCUT2D eigenvalue weighted by atomic mass is 32.2. The third-order valence-electron chi connectivity index (χ3n) is 4.27. The predicted molar refractivity (Wildman–Crippen MR) is 104 cm³/mol. The van der Waals surface area contributed by atoms with Gasteiger partial charge in [0.05, 0.1) is 6.04 Å². The molecule has 2 aromatic rings. The summed E-state index contributed by atoms with van der Waals surface area (Å²) in [6.07, 6.45) is 4.30. The Morgan fingerprint density at radius 3 is 2.96 bits per heavy atom. The SMILES string of the molecule is CCCN1CCCCC1C(=O)Nc1nnc(SCc2ccccc2)s1. The van der Waals surface area contributed by atoms with Crippen LogP contribution in [0.1, 0.15) is 38.2 Å². The Hall–Kier alpha value is -1.44. The molecule has 3 rings (SSSR count). The van der Waals surface area contributed by atoms with Crippen LogP contribution in [0.25, 0.3) is 0 Å². The van der Waals surface area contributed by atoms with Crippen molar-refractivity contribution >= 4 is 34.1 Å². The van der Waals surface area contributed by atoms with Gasteiger partial charge >= 0.3 is 0 Å². The number of likely N-dealkylation sites (tertiary alicyclic amines) is 1. The summed E-state index contributed by atoms with van der Waals surface area (Å²) in [6, 6.07) is 10.3. The van der Waals surface area contributed by atoms with E-state index in [0.29, 0.717) is 5.13 Å². The van der Waals surface area contributed by atoms with Crippen LogP contribution >= 0.6 is 23.1 Å². The van der Waals surface area contributed by atoms with Gasteiger partial charge in [-0.25, -0.2) is 0 Å². The molecule has 0 bridgehead atoms. The second kappa shape index (κ2) is 9.31. The summed E-state index contributed by atoms with van der Waals surface area (Å²) in [5.41, 5.74) is 1.26. The summed E-state index contributed by atoms with van der Waals surface area (Å²) < 4.78 is 0.883. The van der Waals surface area contributed by atoms with Gasteiger partial charge in [-0.15, -0.1) is 10.2 Å². The molecule has 0 spiro atoms. The zero-order valence-electron chi connectivity index (χ0n) is 14.5. The standard InChI is InChI=1S/C18H24N4OS2/c1-2-11-22-12-7-6-10-15(22)16(23)19-17-20-21-18(25-17)24-13-14-8-4-3-5-9-14/h3-5,8-9,15H,2,6-7,10-13H2,1H3,(H,19,20,23). The van der Waals surface area contributed by atoms with Crippen molar-refractivity contribution < 1.29 is 4.79 Å². The number of piperidine rings is 1. The summed E-state index contributed by atoms with van der Waals surface area (Å²) in [6.45, 7) is 4.15. The summed E-state index contributed by atoms with van der Waals surface area (Å²) in [4.78, 5) is 14.9. The van der Waals surface area contributed by atoms with Crippen LogP contribution in [0.2, 0.25) is 0 Å². The van der Waals surface area contributed by atoms with Gasteiger partial charge in [0.1, 0.15) is 0 Å². The normalized spacial score (nSPS) is 18.2. The van der Waals surface area contributed by atoms with Crippen LogP contribution in [0.4, 0.5) is 5.13 Å². The average molecular weight is 377 g/mol. The van der Waals surface area contributed by atoms with Gasteiger partial charge in [0.25, 0.3) is 0 Å². The maximum Gasteiger partial charge on any atom is 0.243 e. The molecule has 7 heteroatoms. The van der Waals surface area contributed by atoms with Crippen LogP contribution in [0, 0.1) is 0 Å². The number of hydrogen-bond donors (Lipinski definition) is 1. The van der Waals surface area contributed by atoms with Crippen molar-refractivity contribution in [2.75, 3.05) is 18.4 Å². The Morgan fingerprint density at radius 2 is 2.16 bits per heavy atom. The lowest BCUT2D eigenvalue weighted by Gasteiger charge is -2.34. The molecule has 1 unspecified atom stereocenters. The van der Waals surface area contributed by atoms with Crippen LogP contribution in [0.3, 0.4) is 0 Å². The van der Waals surface area contributed by atoms with Gasteiger partial charge in [0.2, 0.25) is 11.0 Å². The molecule has 0 aliphatic carbocycles. The van der Waals surface area contributed by atoms with Crippen molar-refractivity contribution in [2.24, 2.45) is 0 Å². The third kappa shape index (κ3) is 5.26. The van der Waals surface area contributed by atoms with Gasteiger partial charge in [-0.3, -0.25) is 15.0 Å². The number of benzene rings is 1. The van der Waals surface area contributed by atoms with Crippen molar-refractivity contribution in [3.05, 3.63) is 35.9 Å². The Labute approximate surface area is 157 Å². The molecule has 0 radical (unpaired) electrons. The predicted octanol–water partition coefficient (Wildman–Crippen LogP) is 4.03. The molecule has 1 aromatic heterocycles. The summed E-state index contributed by atoms with van der Waals surface area (Å²) >= 11 is 3.10. The topological polar surface area (TPSA) is 58.1 Å². The second-order valence-electron chi connectivity index (χ2n) is 6.18. The first-order valence-corrected chi connectivity index (χ1v) is 10.6. The Kier molecular flexibility index (Phi) is 6.84. The lowest BCUT2D eigenvalue weighted by atomic mass is 10.0. The maximum atomic E-state index is 12.6. The Morgan fingerprint density at radius 1 is 1.32 bits per heavy atom. The second-order valence-corrected chi connectivity index (χ2v) is 8.38. The fraction of sp³-hybridized carbons (Fsp3) is 0.500. The molecule has 1 N–H and O–H groups in total. The average Bonchev–Trinajstić information content (AvgIpc) is 3.09. The van der Waals surface area contributed by atoms with Crippen LogP contribution in [-0.2, 0) is 10.5 Å². The molecular weight excluding hydrogens is 352 g/mol. The summed E-state index contributed by atoms with van der Waals surface area (Å²) in [5.74, 6) is 0.917. The number of hydrogen-bond acceptors (Lipinski definition) is 6. The molecule has 1 aromatic carbocycles. The van der Waals surface area contributed by atoms with E-state index in [1.807, 2.05) is 18.2 Å². The van der Waals surface area contributed by atoms with Crippen molar-refractivity contribution in [3.63, 3.8) is 0 Å². The number of amides is 1. The van der Waals surface area contributed by atoms with Gasteiger partial charge in [0.15, 0.2) is 4.34 Å². The molecular formula is C18H24N4OS2. The minimum Gasteiger partial charge on any atom is -0.299 e. The Balaban J connectivity index is 1.54. The zero-order chi connectivity index (χ0) is 17.5. The van der Waals surface area contributed by atoms with Gasteiger partial charge in [0, 0.05) is 5.75 Å². The number of nitrogens with one attached hydrogen (secondary N) is 1. The van der Waals surface area contributed by atoms with E-state index in [1.165, 1.54) is 23.3 Å². The van der Waals surface area contributed by atoms with Crippen LogP contribution in [0.15, 0.2) is 34.7 Å². The lowest BCUT2D eigenvalue weighted by molar-refractivity contribution is -0.122. The molecule has 1 aliphatic heterocycles. The minimum absolute atomic E-state index is 0.0296. The number of nitrogens with zero attached hydrogens (tertiary/aromatic N) is 3. The van der Waals surface area contributed by atoms with E-state index in [4.69, 9.17) is 0 Å². The largest absolute Gasteiger partial charge is 0.299 e. The van der Waals surface area contributed by atoms with Crippen LogP contribution in [-0.4, -0.2) is 40.1 Å². The number of rotatable bonds is 7. The molecule has 1 aliphatic rings. The van der Waals surface area contributed by atoms with Crippen LogP contribution in [0.5, 0.6) is 0 Å². The number of anilines is 1. The minimum atomic E-state index is -0.0296. The monoisotopic (exact) mass is 376 g/mol. The lowest BCUT2D eigenvalue weighted by Crippen LogP contribution is -2.47.